The summed E-state index contributed by atoms with van der Waals surface area (Å²) in [6.07, 6.45) is 2.11. The molecular formula is C26H19FN4O4S2. The Morgan fingerprint density at radius 1 is 1.03 bits per heavy atom. The van der Waals surface area contributed by atoms with Crippen LogP contribution in [-0.2, 0) is 16.4 Å². The van der Waals surface area contributed by atoms with Gasteiger partial charge in [0.05, 0.1) is 10.6 Å². The zero-order valence-electron chi connectivity index (χ0n) is 19.1. The predicted molar refractivity (Wildman–Crippen MR) is 138 cm³/mol. The highest BCUT2D eigenvalue weighted by atomic mass is 32.2. The number of benzene rings is 3. The maximum absolute atomic E-state index is 14.8. The van der Waals surface area contributed by atoms with Crippen LogP contribution in [-0.4, -0.2) is 34.3 Å². The van der Waals surface area contributed by atoms with Crippen LogP contribution in [0.2, 0.25) is 0 Å². The smallest absolute Gasteiger partial charge is 0.355 e. The third kappa shape index (κ3) is 5.19. The molecule has 11 heteroatoms. The molecule has 0 atom stereocenters. The minimum Gasteiger partial charge on any atom is -0.476 e. The van der Waals surface area contributed by atoms with Crippen LogP contribution in [0.3, 0.4) is 0 Å². The van der Waals surface area contributed by atoms with Crippen molar-refractivity contribution >= 4 is 27.3 Å². The number of rotatable bonds is 7. The molecule has 3 aromatic carbocycles. The van der Waals surface area contributed by atoms with Crippen molar-refractivity contribution in [3.05, 3.63) is 107 Å². The lowest BCUT2D eigenvalue weighted by Crippen LogP contribution is -2.11. The van der Waals surface area contributed by atoms with Gasteiger partial charge in [0, 0.05) is 34.7 Å². The topological polar surface area (TPSA) is 128 Å². The molecule has 0 saturated carbocycles. The van der Waals surface area contributed by atoms with Crippen LogP contribution in [0.4, 0.5) is 4.39 Å². The van der Waals surface area contributed by atoms with Gasteiger partial charge in [0.2, 0.25) is 15.2 Å². The van der Waals surface area contributed by atoms with Crippen molar-refractivity contribution in [3.8, 4) is 27.5 Å². The number of halogens is 1. The second kappa shape index (κ2) is 9.69. The number of aromatic carboxylic acids is 1. The number of nitrogens with zero attached hydrogens (tertiary/aromatic N) is 3. The maximum Gasteiger partial charge on any atom is 0.355 e. The Labute approximate surface area is 215 Å². The summed E-state index contributed by atoms with van der Waals surface area (Å²) >= 11 is 1.13. The molecule has 2 heterocycles. The highest BCUT2D eigenvalue weighted by molar-refractivity contribution is 7.89. The van der Waals surface area contributed by atoms with Crippen LogP contribution in [0.1, 0.15) is 21.6 Å². The number of thiazole rings is 1. The average Bonchev–Trinajstić information content (AvgIpc) is 3.53. The monoisotopic (exact) mass is 534 g/mol. The summed E-state index contributed by atoms with van der Waals surface area (Å²) in [6.45, 7) is 0. The molecule has 0 spiro atoms. The quantitative estimate of drug-likeness (QED) is 0.310. The van der Waals surface area contributed by atoms with Gasteiger partial charge < -0.3 is 5.11 Å². The number of carboxylic acids is 1. The molecule has 5 aromatic rings. The molecular weight excluding hydrogens is 515 g/mol. The highest BCUT2D eigenvalue weighted by Crippen LogP contribution is 2.32. The van der Waals surface area contributed by atoms with Crippen molar-refractivity contribution in [1.82, 2.24) is 14.8 Å². The normalized spacial score (nSPS) is 11.5. The van der Waals surface area contributed by atoms with Gasteiger partial charge >= 0.3 is 5.97 Å². The van der Waals surface area contributed by atoms with E-state index in [-0.39, 0.29) is 16.4 Å². The van der Waals surface area contributed by atoms with E-state index in [4.69, 9.17) is 5.14 Å². The Hall–Kier alpha value is -4.19. The van der Waals surface area contributed by atoms with E-state index in [1.807, 2.05) is 30.3 Å². The molecule has 0 saturated heterocycles. The first-order valence-corrected chi connectivity index (χ1v) is 13.4. The van der Waals surface area contributed by atoms with Crippen LogP contribution in [0.25, 0.3) is 27.5 Å². The molecule has 3 N–H and O–H groups in total. The van der Waals surface area contributed by atoms with Gasteiger partial charge in [0.25, 0.3) is 0 Å². The average molecular weight is 535 g/mol. The van der Waals surface area contributed by atoms with Gasteiger partial charge in [0.15, 0.2) is 5.69 Å². The minimum atomic E-state index is -3.82. The number of nitrogens with two attached hydrogens (primary N) is 1. The molecule has 37 heavy (non-hydrogen) atoms. The molecule has 0 fully saturated rings. The molecule has 0 aliphatic carbocycles. The fourth-order valence-electron chi connectivity index (χ4n) is 3.88. The Morgan fingerprint density at radius 3 is 2.41 bits per heavy atom. The van der Waals surface area contributed by atoms with Gasteiger partial charge in [-0.2, -0.15) is 5.10 Å². The van der Waals surface area contributed by atoms with Gasteiger partial charge in [-0.1, -0.05) is 42.5 Å². The summed E-state index contributed by atoms with van der Waals surface area (Å²) in [7, 11) is -3.82. The molecule has 0 radical (unpaired) electrons. The Kier molecular flexibility index (Phi) is 6.42. The van der Waals surface area contributed by atoms with Crippen LogP contribution in [0.5, 0.6) is 0 Å². The highest BCUT2D eigenvalue weighted by Gasteiger charge is 2.18. The fraction of sp³-hybridized carbons (Fsp3) is 0.0385. The molecule has 2 aromatic heterocycles. The predicted octanol–water partition coefficient (Wildman–Crippen LogP) is 4.74. The second-order valence-electron chi connectivity index (χ2n) is 8.19. The van der Waals surface area contributed by atoms with Crippen molar-refractivity contribution in [1.29, 1.82) is 0 Å². The Morgan fingerprint density at radius 2 is 1.76 bits per heavy atom. The first-order valence-electron chi connectivity index (χ1n) is 10.9. The van der Waals surface area contributed by atoms with E-state index in [1.54, 1.807) is 30.5 Å². The second-order valence-corrected chi connectivity index (χ2v) is 10.6. The number of aromatic nitrogens is 3. The molecule has 0 amide bonds. The van der Waals surface area contributed by atoms with E-state index in [0.717, 1.165) is 22.5 Å². The molecule has 5 rings (SSSR count). The molecule has 0 aliphatic heterocycles. The molecule has 8 nitrogen and oxygen atoms in total. The van der Waals surface area contributed by atoms with E-state index < -0.39 is 16.0 Å². The summed E-state index contributed by atoms with van der Waals surface area (Å²) in [5.74, 6) is -1.52. The molecule has 0 aliphatic rings. The van der Waals surface area contributed by atoms with Crippen LogP contribution >= 0.6 is 11.3 Å². The summed E-state index contributed by atoms with van der Waals surface area (Å²) in [5, 5.41) is 20.9. The summed E-state index contributed by atoms with van der Waals surface area (Å²) < 4.78 is 39.5. The number of primary sulfonamides is 1. The Bertz CT molecular complexity index is 1710. The van der Waals surface area contributed by atoms with Crippen molar-refractivity contribution < 1.29 is 22.7 Å². The number of hydrogen-bond acceptors (Lipinski definition) is 6. The molecule has 186 valence electrons. The van der Waals surface area contributed by atoms with Gasteiger partial charge in [-0.25, -0.2) is 32.4 Å². The van der Waals surface area contributed by atoms with Crippen LogP contribution in [0.15, 0.2) is 89.3 Å². The first-order chi connectivity index (χ1) is 17.7. The minimum absolute atomic E-state index is 0.00203. The lowest BCUT2D eigenvalue weighted by Gasteiger charge is -2.08. The maximum atomic E-state index is 14.8. The van der Waals surface area contributed by atoms with Gasteiger partial charge in [-0.05, 0) is 41.5 Å². The number of carboxylic acid groups (broad SMARTS) is 1. The first kappa shape index (κ1) is 24.5. The van der Waals surface area contributed by atoms with Crippen molar-refractivity contribution in [2.24, 2.45) is 5.14 Å². The third-order valence-corrected chi connectivity index (χ3v) is 7.43. The zero-order valence-corrected chi connectivity index (χ0v) is 20.7. The lowest BCUT2D eigenvalue weighted by atomic mass is 9.98. The van der Waals surface area contributed by atoms with E-state index in [1.165, 1.54) is 28.3 Å². The molecule has 0 unspecified atom stereocenters. The van der Waals surface area contributed by atoms with Crippen LogP contribution in [0, 0.1) is 5.82 Å². The molecule has 0 bridgehead atoms. The van der Waals surface area contributed by atoms with Gasteiger partial charge in [-0.15, -0.1) is 11.3 Å². The van der Waals surface area contributed by atoms with E-state index in [9.17, 15) is 22.7 Å². The van der Waals surface area contributed by atoms with Crippen molar-refractivity contribution in [2.45, 2.75) is 11.3 Å². The number of carbonyl (C=O) groups is 1. The van der Waals surface area contributed by atoms with Gasteiger partial charge in [-0.3, -0.25) is 0 Å². The standard InChI is InChI=1S/C26H19FN4O4S2/c27-22-11-8-18(13-21(22)17-4-2-1-3-5-17)24-19(12-16-6-9-20(10-7-16)37(28,34)35)14-31(30-24)26-29-23(15-36-26)25(32)33/h1-11,13-15H,12H2,(H,32,33)(H2,28,34,35). The van der Waals surface area contributed by atoms with E-state index in [2.05, 4.69) is 10.1 Å². The van der Waals surface area contributed by atoms with Crippen LogP contribution < -0.4 is 5.14 Å². The lowest BCUT2D eigenvalue weighted by molar-refractivity contribution is 0.0691. The number of sulfonamides is 1. The Balaban J connectivity index is 1.60. The third-order valence-electron chi connectivity index (χ3n) is 5.67. The summed E-state index contributed by atoms with van der Waals surface area (Å²) in [6, 6.07) is 20.1. The fourth-order valence-corrected chi connectivity index (χ4v) is 5.11. The van der Waals surface area contributed by atoms with Gasteiger partial charge in [0.1, 0.15) is 5.82 Å². The van der Waals surface area contributed by atoms with E-state index in [0.29, 0.717) is 33.9 Å². The SMILES string of the molecule is NS(=O)(=O)c1ccc(Cc2cn(-c3nc(C(=O)O)cs3)nc2-c2ccc(F)c(-c3ccccc3)c2)cc1. The largest absolute Gasteiger partial charge is 0.476 e. The van der Waals surface area contributed by atoms with E-state index >= 15 is 0 Å². The summed E-state index contributed by atoms with van der Waals surface area (Å²) in [5.41, 5.74) is 3.80. The number of hydrogen-bond donors (Lipinski definition) is 2. The summed E-state index contributed by atoms with van der Waals surface area (Å²) in [4.78, 5) is 15.4. The van der Waals surface area contributed by atoms with Crippen molar-refractivity contribution in [3.63, 3.8) is 0 Å². The zero-order chi connectivity index (χ0) is 26.2. The van der Waals surface area contributed by atoms with Crippen molar-refractivity contribution in [2.75, 3.05) is 0 Å².